The SMILES string of the molecule is CCCNC(=O)c1ccccc1NC(=O)C1CCN(C(=O)OCC)CC1. The minimum absolute atomic E-state index is 0.121. The molecule has 0 aliphatic carbocycles. The lowest BCUT2D eigenvalue weighted by atomic mass is 9.96. The molecule has 0 saturated carbocycles. The molecule has 2 rings (SSSR count). The summed E-state index contributed by atoms with van der Waals surface area (Å²) in [6.07, 6.45) is 1.67. The van der Waals surface area contributed by atoms with E-state index in [0.29, 0.717) is 50.3 Å². The molecule has 1 aromatic carbocycles. The van der Waals surface area contributed by atoms with Crippen molar-refractivity contribution in [1.29, 1.82) is 0 Å². The van der Waals surface area contributed by atoms with Crippen LogP contribution in [0.2, 0.25) is 0 Å². The average molecular weight is 361 g/mol. The van der Waals surface area contributed by atoms with Crippen LogP contribution in [-0.4, -0.2) is 49.0 Å². The van der Waals surface area contributed by atoms with Crippen LogP contribution >= 0.6 is 0 Å². The molecule has 1 saturated heterocycles. The second kappa shape index (κ2) is 9.79. The molecule has 26 heavy (non-hydrogen) atoms. The number of nitrogens with zero attached hydrogens (tertiary/aromatic N) is 1. The first kappa shape index (κ1) is 19.8. The van der Waals surface area contributed by atoms with Gasteiger partial charge in [-0.25, -0.2) is 4.79 Å². The van der Waals surface area contributed by atoms with Crippen LogP contribution in [-0.2, 0) is 9.53 Å². The van der Waals surface area contributed by atoms with Gasteiger partial charge in [0, 0.05) is 25.6 Å². The number of likely N-dealkylation sites (tertiary alicyclic amines) is 1. The quantitative estimate of drug-likeness (QED) is 0.815. The summed E-state index contributed by atoms with van der Waals surface area (Å²) in [5.41, 5.74) is 0.970. The van der Waals surface area contributed by atoms with Crippen molar-refractivity contribution in [3.8, 4) is 0 Å². The Labute approximate surface area is 154 Å². The van der Waals surface area contributed by atoms with Crippen LogP contribution in [0.4, 0.5) is 10.5 Å². The molecule has 1 aliphatic rings. The predicted octanol–water partition coefficient (Wildman–Crippen LogP) is 2.63. The number of para-hydroxylation sites is 1. The van der Waals surface area contributed by atoms with Crippen molar-refractivity contribution in [1.82, 2.24) is 10.2 Å². The van der Waals surface area contributed by atoms with Gasteiger partial charge in [0.15, 0.2) is 0 Å². The molecule has 7 nitrogen and oxygen atoms in total. The van der Waals surface area contributed by atoms with Crippen LogP contribution in [0.5, 0.6) is 0 Å². The Balaban J connectivity index is 1.94. The molecule has 0 radical (unpaired) electrons. The molecule has 0 spiro atoms. The first-order chi connectivity index (χ1) is 12.6. The van der Waals surface area contributed by atoms with Gasteiger partial charge in [-0.3, -0.25) is 9.59 Å². The first-order valence-electron chi connectivity index (χ1n) is 9.16. The molecule has 3 amide bonds. The number of ether oxygens (including phenoxy) is 1. The first-order valence-corrected chi connectivity index (χ1v) is 9.16. The summed E-state index contributed by atoms with van der Waals surface area (Å²) in [7, 11) is 0. The third-order valence-corrected chi connectivity index (χ3v) is 4.36. The molecule has 0 bridgehead atoms. The highest BCUT2D eigenvalue weighted by molar-refractivity contribution is 6.04. The number of amides is 3. The number of carbonyl (C=O) groups excluding carboxylic acids is 3. The fourth-order valence-corrected chi connectivity index (χ4v) is 2.90. The van der Waals surface area contributed by atoms with E-state index >= 15 is 0 Å². The van der Waals surface area contributed by atoms with Crippen LogP contribution in [0.3, 0.4) is 0 Å². The highest BCUT2D eigenvalue weighted by Crippen LogP contribution is 2.22. The van der Waals surface area contributed by atoms with E-state index in [-0.39, 0.29) is 23.8 Å². The summed E-state index contributed by atoms with van der Waals surface area (Å²) >= 11 is 0. The Hall–Kier alpha value is -2.57. The van der Waals surface area contributed by atoms with E-state index in [4.69, 9.17) is 4.74 Å². The van der Waals surface area contributed by atoms with Gasteiger partial charge in [0.1, 0.15) is 0 Å². The normalized spacial score (nSPS) is 14.6. The van der Waals surface area contributed by atoms with E-state index in [0.717, 1.165) is 6.42 Å². The van der Waals surface area contributed by atoms with Gasteiger partial charge in [0.2, 0.25) is 5.91 Å². The molecular weight excluding hydrogens is 334 g/mol. The maximum Gasteiger partial charge on any atom is 0.409 e. The zero-order valence-corrected chi connectivity index (χ0v) is 15.4. The molecule has 1 aliphatic heterocycles. The number of rotatable bonds is 6. The Morgan fingerprint density at radius 2 is 1.85 bits per heavy atom. The van der Waals surface area contributed by atoms with Crippen molar-refractivity contribution in [2.75, 3.05) is 31.6 Å². The molecule has 1 fully saturated rings. The van der Waals surface area contributed by atoms with Gasteiger partial charge >= 0.3 is 6.09 Å². The van der Waals surface area contributed by atoms with Crippen LogP contribution in [0, 0.1) is 5.92 Å². The van der Waals surface area contributed by atoms with Crippen LogP contribution in [0.15, 0.2) is 24.3 Å². The van der Waals surface area contributed by atoms with E-state index in [1.54, 1.807) is 36.1 Å². The van der Waals surface area contributed by atoms with Gasteiger partial charge in [0.25, 0.3) is 5.91 Å². The number of nitrogens with one attached hydrogen (secondary N) is 2. The second-order valence-electron chi connectivity index (χ2n) is 6.25. The van der Waals surface area contributed by atoms with Crippen LogP contribution in [0.25, 0.3) is 0 Å². The van der Waals surface area contributed by atoms with Crippen molar-refractivity contribution in [3.63, 3.8) is 0 Å². The summed E-state index contributed by atoms with van der Waals surface area (Å²) in [4.78, 5) is 38.2. The average Bonchev–Trinajstić information content (AvgIpc) is 2.66. The minimum Gasteiger partial charge on any atom is -0.450 e. The summed E-state index contributed by atoms with van der Waals surface area (Å²) in [6, 6.07) is 6.99. The lowest BCUT2D eigenvalue weighted by molar-refractivity contribution is -0.121. The van der Waals surface area contributed by atoms with Gasteiger partial charge < -0.3 is 20.3 Å². The molecule has 7 heteroatoms. The summed E-state index contributed by atoms with van der Waals surface area (Å²) in [5, 5.41) is 5.70. The van der Waals surface area contributed by atoms with E-state index < -0.39 is 0 Å². The maximum absolute atomic E-state index is 12.6. The smallest absolute Gasteiger partial charge is 0.409 e. The zero-order valence-electron chi connectivity index (χ0n) is 15.4. The van der Waals surface area contributed by atoms with Gasteiger partial charge in [-0.05, 0) is 38.3 Å². The van der Waals surface area contributed by atoms with E-state index in [1.807, 2.05) is 6.92 Å². The van der Waals surface area contributed by atoms with Gasteiger partial charge in [-0.15, -0.1) is 0 Å². The number of hydrogen-bond donors (Lipinski definition) is 2. The van der Waals surface area contributed by atoms with E-state index in [2.05, 4.69) is 10.6 Å². The third kappa shape index (κ3) is 5.21. The monoisotopic (exact) mass is 361 g/mol. The fraction of sp³-hybridized carbons (Fsp3) is 0.526. The number of carbonyl (C=O) groups is 3. The summed E-state index contributed by atoms with van der Waals surface area (Å²) < 4.78 is 4.99. The molecule has 0 aromatic heterocycles. The number of anilines is 1. The lowest BCUT2D eigenvalue weighted by Gasteiger charge is -2.30. The van der Waals surface area contributed by atoms with Crippen molar-refractivity contribution in [2.45, 2.75) is 33.1 Å². The molecule has 142 valence electrons. The van der Waals surface area contributed by atoms with Crippen molar-refractivity contribution >= 4 is 23.6 Å². The van der Waals surface area contributed by atoms with Crippen molar-refractivity contribution in [2.24, 2.45) is 5.92 Å². The molecular formula is C19H27N3O4. The lowest BCUT2D eigenvalue weighted by Crippen LogP contribution is -2.41. The Morgan fingerprint density at radius 1 is 1.15 bits per heavy atom. The van der Waals surface area contributed by atoms with Crippen molar-refractivity contribution in [3.05, 3.63) is 29.8 Å². The van der Waals surface area contributed by atoms with Gasteiger partial charge in [-0.1, -0.05) is 19.1 Å². The Kier molecular flexibility index (Phi) is 7.44. The topological polar surface area (TPSA) is 87.7 Å². The molecule has 1 heterocycles. The van der Waals surface area contributed by atoms with Crippen LogP contribution in [0.1, 0.15) is 43.5 Å². The molecule has 0 unspecified atom stereocenters. The number of benzene rings is 1. The number of hydrogen-bond acceptors (Lipinski definition) is 4. The van der Waals surface area contributed by atoms with Crippen LogP contribution < -0.4 is 10.6 Å². The molecule has 2 N–H and O–H groups in total. The highest BCUT2D eigenvalue weighted by Gasteiger charge is 2.28. The molecule has 1 aromatic rings. The minimum atomic E-state index is -0.329. The highest BCUT2D eigenvalue weighted by atomic mass is 16.6. The Bertz CT molecular complexity index is 639. The third-order valence-electron chi connectivity index (χ3n) is 4.36. The summed E-state index contributed by atoms with van der Waals surface area (Å²) in [5.74, 6) is -0.503. The molecule has 0 atom stereocenters. The maximum atomic E-state index is 12.6. The van der Waals surface area contributed by atoms with Crippen molar-refractivity contribution < 1.29 is 19.1 Å². The zero-order chi connectivity index (χ0) is 18.9. The summed E-state index contributed by atoms with van der Waals surface area (Å²) in [6.45, 7) is 5.68. The largest absolute Gasteiger partial charge is 0.450 e. The van der Waals surface area contributed by atoms with E-state index in [1.165, 1.54) is 0 Å². The predicted molar refractivity (Wildman–Crippen MR) is 99.0 cm³/mol. The van der Waals surface area contributed by atoms with Gasteiger partial charge in [0.05, 0.1) is 17.9 Å². The van der Waals surface area contributed by atoms with E-state index in [9.17, 15) is 14.4 Å². The fourth-order valence-electron chi connectivity index (χ4n) is 2.90. The standard InChI is InChI=1S/C19H27N3O4/c1-3-11-20-18(24)15-7-5-6-8-16(15)21-17(23)14-9-12-22(13-10-14)19(25)26-4-2/h5-8,14H,3-4,9-13H2,1-2H3,(H,20,24)(H,21,23). The Morgan fingerprint density at radius 3 is 2.50 bits per heavy atom. The second-order valence-corrected chi connectivity index (χ2v) is 6.25. The van der Waals surface area contributed by atoms with Gasteiger partial charge in [-0.2, -0.15) is 0 Å². The number of piperidine rings is 1.